The van der Waals surface area contributed by atoms with E-state index >= 15 is 0 Å². The molecule has 11 heteroatoms. The lowest BCUT2D eigenvalue weighted by Crippen LogP contribution is -2.26. The Morgan fingerprint density at radius 3 is 2.43 bits per heavy atom. The normalized spacial score (nSPS) is 12.1. The molecule has 0 fully saturated rings. The van der Waals surface area contributed by atoms with Gasteiger partial charge in [-0.1, -0.05) is 26.0 Å². The number of esters is 1. The van der Waals surface area contributed by atoms with Gasteiger partial charge in [0.2, 0.25) is 0 Å². The van der Waals surface area contributed by atoms with Gasteiger partial charge in [-0.3, -0.25) is 4.79 Å². The van der Waals surface area contributed by atoms with Crippen molar-refractivity contribution in [3.63, 3.8) is 0 Å². The highest BCUT2D eigenvalue weighted by molar-refractivity contribution is 9.13. The lowest BCUT2D eigenvalue weighted by molar-refractivity contribution is -0.150. The SMILES string of the molecule is CCOC(=O)[C@H](C)Oc1c(OCC)cc(C=Nn2c(-c3cc(C(C)C)c(OC)cc3C)nc3ccccc3c2=O)c(Br)c1Br. The van der Waals surface area contributed by atoms with E-state index in [-0.39, 0.29) is 18.1 Å². The minimum absolute atomic E-state index is 0.172. The third-order valence-electron chi connectivity index (χ3n) is 6.87. The third kappa shape index (κ3) is 6.83. The Kier molecular flexibility index (Phi) is 10.9. The standard InChI is InChI=1S/C33H35Br2N3O6/c1-8-42-27-15-21(28(34)29(35)30(27)44-20(6)33(40)43-9-2)17-36-38-31(37-25-13-11-10-12-22(25)32(38)39)24-16-23(18(3)4)26(41-7)14-19(24)5/h10-18,20H,8-9H2,1-7H3/t20-/m0/s1. The lowest BCUT2D eigenvalue weighted by atomic mass is 9.96. The Bertz CT molecular complexity index is 1780. The summed E-state index contributed by atoms with van der Waals surface area (Å²) in [6.45, 7) is 11.9. The van der Waals surface area contributed by atoms with Crippen molar-refractivity contribution in [2.45, 2.75) is 53.6 Å². The molecule has 232 valence electrons. The van der Waals surface area contributed by atoms with Crippen molar-refractivity contribution < 1.29 is 23.7 Å². The molecule has 0 bridgehead atoms. The third-order valence-corrected chi connectivity index (χ3v) is 9.02. The molecule has 9 nitrogen and oxygen atoms in total. The zero-order chi connectivity index (χ0) is 32.1. The van der Waals surface area contributed by atoms with Gasteiger partial charge in [0.05, 0.1) is 41.9 Å². The Morgan fingerprint density at radius 2 is 1.77 bits per heavy atom. The van der Waals surface area contributed by atoms with E-state index in [4.69, 9.17) is 23.9 Å². The number of methoxy groups -OCH3 is 1. The van der Waals surface area contributed by atoms with Gasteiger partial charge in [0.1, 0.15) is 5.75 Å². The number of rotatable bonds is 11. The van der Waals surface area contributed by atoms with Crippen molar-refractivity contribution in [1.29, 1.82) is 0 Å². The molecule has 1 aromatic heterocycles. The molecular formula is C33H35Br2N3O6. The van der Waals surface area contributed by atoms with Gasteiger partial charge in [-0.25, -0.2) is 9.78 Å². The molecule has 0 N–H and O–H groups in total. The van der Waals surface area contributed by atoms with Crippen molar-refractivity contribution in [1.82, 2.24) is 9.66 Å². The molecule has 0 amide bonds. The Labute approximate surface area is 273 Å². The molecule has 0 radical (unpaired) electrons. The van der Waals surface area contributed by atoms with Gasteiger partial charge >= 0.3 is 5.97 Å². The smallest absolute Gasteiger partial charge is 0.347 e. The maximum absolute atomic E-state index is 13.9. The van der Waals surface area contributed by atoms with E-state index in [1.807, 2.05) is 38.1 Å². The van der Waals surface area contributed by atoms with E-state index in [0.29, 0.717) is 49.3 Å². The summed E-state index contributed by atoms with van der Waals surface area (Å²) in [5.74, 6) is 1.57. The maximum Gasteiger partial charge on any atom is 0.347 e. The number of ether oxygens (including phenoxy) is 4. The first-order valence-electron chi connectivity index (χ1n) is 14.2. The highest BCUT2D eigenvalue weighted by Gasteiger charge is 2.24. The number of aromatic nitrogens is 2. The largest absolute Gasteiger partial charge is 0.496 e. The van der Waals surface area contributed by atoms with Gasteiger partial charge in [-0.05, 0) is 107 Å². The number of fused-ring (bicyclic) bond motifs is 1. The number of halogens is 2. The van der Waals surface area contributed by atoms with Gasteiger partial charge in [0.25, 0.3) is 5.56 Å². The number of nitrogens with zero attached hydrogens (tertiary/aromatic N) is 3. The molecule has 1 heterocycles. The molecule has 1 atom stereocenters. The number of aryl methyl sites for hydroxylation is 1. The van der Waals surface area contributed by atoms with Crippen LogP contribution in [0.2, 0.25) is 0 Å². The first-order valence-corrected chi connectivity index (χ1v) is 15.8. The average Bonchev–Trinajstić information content (AvgIpc) is 3.00. The van der Waals surface area contributed by atoms with E-state index < -0.39 is 12.1 Å². The molecule has 0 aliphatic carbocycles. The van der Waals surface area contributed by atoms with Crippen molar-refractivity contribution in [2.75, 3.05) is 20.3 Å². The van der Waals surface area contributed by atoms with E-state index in [1.54, 1.807) is 45.4 Å². The van der Waals surface area contributed by atoms with Crippen molar-refractivity contribution in [2.24, 2.45) is 5.10 Å². The summed E-state index contributed by atoms with van der Waals surface area (Å²) >= 11 is 7.19. The van der Waals surface area contributed by atoms with Crippen LogP contribution < -0.4 is 19.8 Å². The Hall–Kier alpha value is -3.70. The Morgan fingerprint density at radius 1 is 1.05 bits per heavy atom. The van der Waals surface area contributed by atoms with Gasteiger partial charge in [-0.2, -0.15) is 9.78 Å². The zero-order valence-electron chi connectivity index (χ0n) is 25.7. The van der Waals surface area contributed by atoms with E-state index in [0.717, 1.165) is 22.4 Å². The van der Waals surface area contributed by atoms with Crippen LogP contribution in [0.1, 0.15) is 57.2 Å². The average molecular weight is 729 g/mol. The predicted octanol–water partition coefficient (Wildman–Crippen LogP) is 7.64. The summed E-state index contributed by atoms with van der Waals surface area (Å²) in [4.78, 5) is 31.0. The molecule has 0 aliphatic heterocycles. The number of para-hydroxylation sites is 1. The van der Waals surface area contributed by atoms with E-state index in [9.17, 15) is 9.59 Å². The molecule has 0 aliphatic rings. The van der Waals surface area contributed by atoms with Crippen molar-refractivity contribution in [3.05, 3.63) is 78.5 Å². The van der Waals surface area contributed by atoms with E-state index in [2.05, 4.69) is 50.8 Å². The monoisotopic (exact) mass is 727 g/mol. The van der Waals surface area contributed by atoms with Gasteiger partial charge < -0.3 is 18.9 Å². The number of carbonyl (C=O) groups is 1. The summed E-state index contributed by atoms with van der Waals surface area (Å²) in [6, 6.07) is 12.9. The molecule has 0 saturated heterocycles. The summed E-state index contributed by atoms with van der Waals surface area (Å²) in [6.07, 6.45) is 0.685. The van der Waals surface area contributed by atoms with Crippen LogP contribution >= 0.6 is 31.9 Å². The van der Waals surface area contributed by atoms with Gasteiger partial charge in [0.15, 0.2) is 23.4 Å². The zero-order valence-corrected chi connectivity index (χ0v) is 28.9. The highest BCUT2D eigenvalue weighted by atomic mass is 79.9. The fourth-order valence-electron chi connectivity index (χ4n) is 4.65. The van der Waals surface area contributed by atoms with Crippen LogP contribution in [0.5, 0.6) is 17.2 Å². The van der Waals surface area contributed by atoms with Crippen molar-refractivity contribution in [3.8, 4) is 28.6 Å². The minimum Gasteiger partial charge on any atom is -0.496 e. The van der Waals surface area contributed by atoms with E-state index in [1.165, 1.54) is 4.68 Å². The van der Waals surface area contributed by atoms with Crippen LogP contribution in [0.3, 0.4) is 0 Å². The molecule has 0 spiro atoms. The highest BCUT2D eigenvalue weighted by Crippen LogP contribution is 2.43. The molecule has 4 aromatic rings. The summed E-state index contributed by atoms with van der Waals surface area (Å²) in [5.41, 5.74) is 3.49. The molecule has 0 unspecified atom stereocenters. The number of hydrogen-bond donors (Lipinski definition) is 0. The number of benzene rings is 3. The maximum atomic E-state index is 13.9. The molecule has 44 heavy (non-hydrogen) atoms. The number of hydrogen-bond acceptors (Lipinski definition) is 8. The first-order chi connectivity index (χ1) is 21.0. The Balaban J connectivity index is 1.90. The molecule has 4 rings (SSSR count). The van der Waals surface area contributed by atoms with Crippen LogP contribution in [-0.4, -0.2) is 48.3 Å². The van der Waals surface area contributed by atoms with Gasteiger partial charge in [0, 0.05) is 15.6 Å². The molecule has 0 saturated carbocycles. The predicted molar refractivity (Wildman–Crippen MR) is 180 cm³/mol. The van der Waals surface area contributed by atoms with Crippen LogP contribution in [0.15, 0.2) is 61.3 Å². The topological polar surface area (TPSA) is 101 Å². The van der Waals surface area contributed by atoms with Crippen LogP contribution in [0, 0.1) is 6.92 Å². The fraction of sp³-hybridized carbons (Fsp3) is 0.333. The first kappa shape index (κ1) is 33.2. The second-order valence-corrected chi connectivity index (χ2v) is 11.8. The second-order valence-electron chi connectivity index (χ2n) is 10.2. The molecule has 3 aromatic carbocycles. The number of carbonyl (C=O) groups excluding carboxylic acids is 1. The fourth-order valence-corrected chi connectivity index (χ4v) is 5.56. The summed E-state index contributed by atoms with van der Waals surface area (Å²) in [7, 11) is 1.65. The van der Waals surface area contributed by atoms with Crippen molar-refractivity contribution >= 4 is 54.9 Å². The quantitative estimate of drug-likeness (QED) is 0.116. The van der Waals surface area contributed by atoms with Gasteiger partial charge in [-0.15, -0.1) is 0 Å². The molecular weight excluding hydrogens is 694 g/mol. The summed E-state index contributed by atoms with van der Waals surface area (Å²) < 4.78 is 25.0. The van der Waals surface area contributed by atoms with Crippen LogP contribution in [0.4, 0.5) is 0 Å². The van der Waals surface area contributed by atoms with Crippen LogP contribution in [-0.2, 0) is 9.53 Å². The summed E-state index contributed by atoms with van der Waals surface area (Å²) in [5, 5.41) is 5.11. The second kappa shape index (κ2) is 14.4. The lowest BCUT2D eigenvalue weighted by Gasteiger charge is -2.19. The van der Waals surface area contributed by atoms with Crippen LogP contribution in [0.25, 0.3) is 22.3 Å². The minimum atomic E-state index is -0.870.